The van der Waals surface area contributed by atoms with E-state index in [-0.39, 0.29) is 18.3 Å². The van der Waals surface area contributed by atoms with Crippen LogP contribution in [-0.4, -0.2) is 23.4 Å². The van der Waals surface area contributed by atoms with Gasteiger partial charge in [-0.15, -0.1) is 0 Å². The van der Waals surface area contributed by atoms with Crippen LogP contribution in [-0.2, 0) is 14.3 Å². The smallest absolute Gasteiger partial charge is 0.306 e. The lowest BCUT2D eigenvalue weighted by Gasteiger charge is -2.20. The van der Waals surface area contributed by atoms with Crippen molar-refractivity contribution in [3.8, 4) is 0 Å². The Morgan fingerprint density at radius 3 is 2.65 bits per heavy atom. The van der Waals surface area contributed by atoms with Crippen LogP contribution in [0.2, 0.25) is 0 Å². The maximum atomic E-state index is 11.9. The molecule has 2 rings (SSSR count). The van der Waals surface area contributed by atoms with Gasteiger partial charge in [0.1, 0.15) is 0 Å². The summed E-state index contributed by atoms with van der Waals surface area (Å²) in [4.78, 5) is 33.9. The number of nitro benzene ring substituents is 1. The zero-order valence-corrected chi connectivity index (χ0v) is 15.2. The number of hydrogen-bond acceptors (Lipinski definition) is 5. The zero-order chi connectivity index (χ0) is 18.9. The highest BCUT2D eigenvalue weighted by Gasteiger charge is 2.15. The van der Waals surface area contributed by atoms with Crippen molar-refractivity contribution in [1.29, 1.82) is 0 Å². The van der Waals surface area contributed by atoms with E-state index < -0.39 is 10.8 Å². The van der Waals surface area contributed by atoms with Gasteiger partial charge in [-0.25, -0.2) is 0 Å². The Balaban J connectivity index is 1.67. The van der Waals surface area contributed by atoms with Gasteiger partial charge in [-0.2, -0.15) is 0 Å². The van der Waals surface area contributed by atoms with Crippen molar-refractivity contribution in [1.82, 2.24) is 0 Å². The Labute approximate surface area is 153 Å². The molecule has 0 unspecified atom stereocenters. The van der Waals surface area contributed by atoms with Gasteiger partial charge in [0.2, 0.25) is 0 Å². The van der Waals surface area contributed by atoms with Gasteiger partial charge in [0.05, 0.1) is 4.92 Å². The van der Waals surface area contributed by atoms with E-state index in [2.05, 4.69) is 5.32 Å². The van der Waals surface area contributed by atoms with Crippen molar-refractivity contribution in [2.45, 2.75) is 58.3 Å². The number of ether oxygens (including phenoxy) is 1. The van der Waals surface area contributed by atoms with E-state index in [1.807, 2.05) is 0 Å². The summed E-state index contributed by atoms with van der Waals surface area (Å²) in [5.74, 6) is -0.0936. The monoisotopic (exact) mass is 362 g/mol. The highest BCUT2D eigenvalue weighted by molar-refractivity contribution is 5.93. The van der Waals surface area contributed by atoms with Crippen molar-refractivity contribution in [2.75, 3.05) is 11.9 Å². The highest BCUT2D eigenvalue weighted by atomic mass is 16.6. The summed E-state index contributed by atoms with van der Waals surface area (Å²) in [6.07, 6.45) is 8.59. The van der Waals surface area contributed by atoms with Crippen molar-refractivity contribution in [3.63, 3.8) is 0 Å². The maximum absolute atomic E-state index is 11.9. The molecule has 1 aromatic carbocycles. The molecular formula is C19H26N2O5. The Kier molecular flexibility index (Phi) is 7.56. The number of nitrogens with one attached hydrogen (secondary N) is 1. The molecule has 1 aliphatic carbocycles. The number of carbonyl (C=O) groups excluding carboxylic acids is 2. The van der Waals surface area contributed by atoms with Crippen molar-refractivity contribution in [3.05, 3.63) is 33.9 Å². The van der Waals surface area contributed by atoms with E-state index in [0.717, 1.165) is 18.8 Å². The lowest BCUT2D eigenvalue weighted by atomic mass is 9.86. The molecule has 26 heavy (non-hydrogen) atoms. The van der Waals surface area contributed by atoms with Crippen LogP contribution in [0.1, 0.15) is 56.9 Å². The average Bonchev–Trinajstić information content (AvgIpc) is 2.62. The fourth-order valence-electron chi connectivity index (χ4n) is 3.32. The SMILES string of the molecule is Cc1cc([N+](=O)[O-])ccc1NC(=O)COC(=O)CCCC1CCCCC1. The summed E-state index contributed by atoms with van der Waals surface area (Å²) in [7, 11) is 0. The molecule has 7 heteroatoms. The topological polar surface area (TPSA) is 98.5 Å². The molecule has 0 heterocycles. The largest absolute Gasteiger partial charge is 0.456 e. The second kappa shape index (κ2) is 9.89. The average molecular weight is 362 g/mol. The van der Waals surface area contributed by atoms with Crippen LogP contribution in [0.15, 0.2) is 18.2 Å². The second-order valence-corrected chi connectivity index (χ2v) is 6.86. The van der Waals surface area contributed by atoms with E-state index in [1.165, 1.54) is 50.3 Å². The second-order valence-electron chi connectivity index (χ2n) is 6.86. The first kappa shape index (κ1) is 19.9. The van der Waals surface area contributed by atoms with Crippen LogP contribution in [0.25, 0.3) is 0 Å². The normalized spacial score (nSPS) is 14.7. The van der Waals surface area contributed by atoms with E-state index in [0.29, 0.717) is 17.7 Å². The molecule has 1 N–H and O–H groups in total. The Morgan fingerprint density at radius 1 is 1.27 bits per heavy atom. The molecule has 1 aliphatic rings. The van der Waals surface area contributed by atoms with Gasteiger partial charge in [-0.05, 0) is 37.3 Å². The number of amides is 1. The fourth-order valence-corrected chi connectivity index (χ4v) is 3.32. The minimum atomic E-state index is -0.492. The summed E-state index contributed by atoms with van der Waals surface area (Å²) in [5, 5.41) is 13.3. The zero-order valence-electron chi connectivity index (χ0n) is 15.2. The number of rotatable bonds is 8. The molecule has 1 amide bonds. The number of hydrogen-bond donors (Lipinski definition) is 1. The first-order chi connectivity index (χ1) is 12.5. The van der Waals surface area contributed by atoms with Crippen LogP contribution in [0, 0.1) is 23.0 Å². The third kappa shape index (κ3) is 6.46. The van der Waals surface area contributed by atoms with Crippen molar-refractivity contribution in [2.24, 2.45) is 5.92 Å². The molecule has 7 nitrogen and oxygen atoms in total. The number of aryl methyl sites for hydroxylation is 1. The van der Waals surface area contributed by atoms with Gasteiger partial charge in [-0.3, -0.25) is 19.7 Å². The number of nitro groups is 1. The van der Waals surface area contributed by atoms with Crippen LogP contribution in [0.3, 0.4) is 0 Å². The molecule has 142 valence electrons. The summed E-state index contributed by atoms with van der Waals surface area (Å²) in [5.41, 5.74) is 1.00. The molecule has 0 bridgehead atoms. The van der Waals surface area contributed by atoms with Crippen LogP contribution < -0.4 is 5.32 Å². The first-order valence-corrected chi connectivity index (χ1v) is 9.16. The van der Waals surface area contributed by atoms with Gasteiger partial charge in [0.15, 0.2) is 6.61 Å². The maximum Gasteiger partial charge on any atom is 0.306 e. The number of nitrogens with zero attached hydrogens (tertiary/aromatic N) is 1. The lowest BCUT2D eigenvalue weighted by molar-refractivity contribution is -0.384. The Bertz CT molecular complexity index is 653. The van der Waals surface area contributed by atoms with Gasteiger partial charge in [0, 0.05) is 24.2 Å². The standard InChI is InChI=1S/C19H26N2O5/c1-14-12-16(21(24)25)10-11-17(14)20-18(22)13-26-19(23)9-5-8-15-6-3-2-4-7-15/h10-12,15H,2-9,13H2,1H3,(H,20,22). The molecule has 0 spiro atoms. The molecule has 0 aliphatic heterocycles. The summed E-state index contributed by atoms with van der Waals surface area (Å²) >= 11 is 0. The van der Waals surface area contributed by atoms with Crippen LogP contribution in [0.5, 0.6) is 0 Å². The molecule has 0 atom stereocenters. The molecule has 0 radical (unpaired) electrons. The number of non-ortho nitro benzene ring substituents is 1. The van der Waals surface area contributed by atoms with Crippen LogP contribution in [0.4, 0.5) is 11.4 Å². The molecule has 0 saturated heterocycles. The minimum absolute atomic E-state index is 0.0371. The predicted octanol–water partition coefficient (Wildman–Crippen LogP) is 4.14. The van der Waals surface area contributed by atoms with E-state index >= 15 is 0 Å². The summed E-state index contributed by atoms with van der Waals surface area (Å²) in [6.45, 7) is 1.32. The van der Waals surface area contributed by atoms with E-state index in [1.54, 1.807) is 6.92 Å². The van der Waals surface area contributed by atoms with E-state index in [4.69, 9.17) is 4.74 Å². The molecule has 1 aromatic rings. The van der Waals surface area contributed by atoms with E-state index in [9.17, 15) is 19.7 Å². The van der Waals surface area contributed by atoms with Crippen molar-refractivity contribution < 1.29 is 19.2 Å². The fraction of sp³-hybridized carbons (Fsp3) is 0.579. The third-order valence-electron chi connectivity index (χ3n) is 4.78. The molecular weight excluding hydrogens is 336 g/mol. The quantitative estimate of drug-likeness (QED) is 0.426. The minimum Gasteiger partial charge on any atom is -0.456 e. The third-order valence-corrected chi connectivity index (χ3v) is 4.78. The van der Waals surface area contributed by atoms with Gasteiger partial charge in [-0.1, -0.05) is 32.1 Å². The molecule has 1 fully saturated rings. The Morgan fingerprint density at radius 2 is 2.00 bits per heavy atom. The first-order valence-electron chi connectivity index (χ1n) is 9.16. The number of benzene rings is 1. The number of anilines is 1. The lowest BCUT2D eigenvalue weighted by Crippen LogP contribution is -2.21. The summed E-state index contributed by atoms with van der Waals surface area (Å²) < 4.78 is 5.01. The van der Waals surface area contributed by atoms with Gasteiger partial charge >= 0.3 is 5.97 Å². The molecule has 1 saturated carbocycles. The predicted molar refractivity (Wildman–Crippen MR) is 97.8 cm³/mol. The Hall–Kier alpha value is -2.44. The van der Waals surface area contributed by atoms with Crippen LogP contribution >= 0.6 is 0 Å². The number of carbonyl (C=O) groups is 2. The van der Waals surface area contributed by atoms with Gasteiger partial charge < -0.3 is 10.1 Å². The number of esters is 1. The van der Waals surface area contributed by atoms with Gasteiger partial charge in [0.25, 0.3) is 11.6 Å². The summed E-state index contributed by atoms with van der Waals surface area (Å²) in [6, 6.07) is 4.17. The highest BCUT2D eigenvalue weighted by Crippen LogP contribution is 2.27. The molecule has 0 aromatic heterocycles. The van der Waals surface area contributed by atoms with Crippen molar-refractivity contribution >= 4 is 23.3 Å².